The van der Waals surface area contributed by atoms with Crippen LogP contribution in [0.5, 0.6) is 0 Å². The lowest BCUT2D eigenvalue weighted by atomic mass is 10.2. The molecule has 2 aromatic heterocycles. The number of benzene rings is 1. The quantitative estimate of drug-likeness (QED) is 0.673. The number of hydrogen-bond acceptors (Lipinski definition) is 4. The van der Waals surface area contributed by atoms with E-state index in [0.717, 1.165) is 16.3 Å². The summed E-state index contributed by atoms with van der Waals surface area (Å²) in [6.45, 7) is 0. The molecular weight excluding hydrogens is 365 g/mol. The number of nitrogens with zero attached hydrogens (tertiary/aromatic N) is 2. The number of aromatic nitrogens is 2. The number of rotatable bonds is 5. The number of thiazole rings is 1. The Morgan fingerprint density at radius 1 is 1.12 bits per heavy atom. The van der Waals surface area contributed by atoms with Crippen LogP contribution in [0.1, 0.15) is 11.4 Å². The van der Waals surface area contributed by atoms with E-state index in [4.69, 9.17) is 23.2 Å². The highest BCUT2D eigenvalue weighted by molar-refractivity contribution is 7.09. The van der Waals surface area contributed by atoms with Crippen LogP contribution in [0, 0.1) is 0 Å². The van der Waals surface area contributed by atoms with Gasteiger partial charge in [-0.05, 0) is 24.3 Å². The minimum absolute atomic E-state index is 0.148. The van der Waals surface area contributed by atoms with Crippen molar-refractivity contribution >= 4 is 46.1 Å². The zero-order valence-electron chi connectivity index (χ0n) is 12.5. The molecule has 0 fully saturated rings. The van der Waals surface area contributed by atoms with Gasteiger partial charge in [-0.1, -0.05) is 29.3 Å². The molecule has 0 atom stereocenters. The van der Waals surface area contributed by atoms with Crippen molar-refractivity contribution in [1.29, 1.82) is 0 Å². The van der Waals surface area contributed by atoms with E-state index < -0.39 is 0 Å². The summed E-state index contributed by atoms with van der Waals surface area (Å²) in [6, 6.07) is 8.92. The lowest BCUT2D eigenvalue weighted by Crippen LogP contribution is -2.13. The number of anilines is 1. The maximum atomic E-state index is 12.1. The predicted octanol–water partition coefficient (Wildman–Crippen LogP) is 5.08. The minimum atomic E-state index is -0.148. The molecule has 4 nitrogen and oxygen atoms in total. The number of hydrogen-bond donors (Lipinski definition) is 1. The van der Waals surface area contributed by atoms with Crippen LogP contribution in [0.2, 0.25) is 10.0 Å². The van der Waals surface area contributed by atoms with Crippen LogP contribution in [-0.2, 0) is 11.2 Å². The molecule has 0 aliphatic heterocycles. The lowest BCUT2D eigenvalue weighted by Gasteiger charge is -2.08. The Morgan fingerprint density at radius 2 is 1.83 bits per heavy atom. The zero-order chi connectivity index (χ0) is 16.9. The summed E-state index contributed by atoms with van der Waals surface area (Å²) in [5.74, 6) is -0.148. The van der Waals surface area contributed by atoms with Crippen LogP contribution in [0.25, 0.3) is 11.3 Å². The first kappa shape index (κ1) is 16.9. The summed E-state index contributed by atoms with van der Waals surface area (Å²) in [6.07, 6.45) is 4.33. The molecular formula is C17H13Cl2N3OS. The fourth-order valence-corrected chi connectivity index (χ4v) is 3.42. The summed E-state index contributed by atoms with van der Waals surface area (Å²) < 4.78 is 0. The van der Waals surface area contributed by atoms with E-state index in [1.807, 2.05) is 17.5 Å². The van der Waals surface area contributed by atoms with Crippen molar-refractivity contribution in [3.05, 3.63) is 63.2 Å². The van der Waals surface area contributed by atoms with Crippen molar-refractivity contribution in [1.82, 2.24) is 9.97 Å². The summed E-state index contributed by atoms with van der Waals surface area (Å²) in [7, 11) is 0. The van der Waals surface area contributed by atoms with Gasteiger partial charge in [0, 0.05) is 36.2 Å². The first-order chi connectivity index (χ1) is 11.6. The molecule has 0 aliphatic rings. The fourth-order valence-electron chi connectivity index (χ4n) is 2.12. The first-order valence-electron chi connectivity index (χ1n) is 7.22. The molecule has 0 bridgehead atoms. The molecule has 1 aromatic carbocycles. The van der Waals surface area contributed by atoms with Crippen LogP contribution in [0.3, 0.4) is 0 Å². The van der Waals surface area contributed by atoms with Crippen LogP contribution in [-0.4, -0.2) is 15.9 Å². The molecule has 3 rings (SSSR count). The Labute approximate surface area is 153 Å². The summed E-state index contributed by atoms with van der Waals surface area (Å²) in [5.41, 5.74) is 2.36. The summed E-state index contributed by atoms with van der Waals surface area (Å²) in [5, 5.41) is 6.48. The van der Waals surface area contributed by atoms with Gasteiger partial charge in [0.2, 0.25) is 5.91 Å². The third-order valence-corrected chi connectivity index (χ3v) is 4.86. The van der Waals surface area contributed by atoms with Gasteiger partial charge < -0.3 is 5.32 Å². The number of halogens is 2. The normalized spacial score (nSPS) is 10.6. The predicted molar refractivity (Wildman–Crippen MR) is 98.8 cm³/mol. The van der Waals surface area contributed by atoms with E-state index in [1.165, 1.54) is 11.3 Å². The van der Waals surface area contributed by atoms with Gasteiger partial charge >= 0.3 is 0 Å². The third-order valence-electron chi connectivity index (χ3n) is 3.32. The van der Waals surface area contributed by atoms with Crippen LogP contribution in [0.15, 0.2) is 48.1 Å². The number of amides is 1. The Morgan fingerprint density at radius 3 is 2.54 bits per heavy atom. The topological polar surface area (TPSA) is 54.9 Å². The molecule has 0 saturated heterocycles. The molecule has 0 saturated carbocycles. The van der Waals surface area contributed by atoms with Gasteiger partial charge in [-0.15, -0.1) is 11.3 Å². The van der Waals surface area contributed by atoms with Crippen molar-refractivity contribution in [2.45, 2.75) is 12.8 Å². The van der Waals surface area contributed by atoms with Gasteiger partial charge in [0.25, 0.3) is 0 Å². The van der Waals surface area contributed by atoms with Gasteiger partial charge in [-0.3, -0.25) is 9.78 Å². The molecule has 24 heavy (non-hydrogen) atoms. The average Bonchev–Trinajstić information content (AvgIpc) is 3.06. The SMILES string of the molecule is O=C(CCc1nc(-c2ccncc2)cs1)Nc1c(Cl)cccc1Cl. The first-order valence-corrected chi connectivity index (χ1v) is 8.85. The Balaban J connectivity index is 1.60. The fraction of sp³-hybridized carbons (Fsp3) is 0.118. The van der Waals surface area contributed by atoms with Gasteiger partial charge in [0.15, 0.2) is 0 Å². The van der Waals surface area contributed by atoms with E-state index in [-0.39, 0.29) is 5.91 Å². The van der Waals surface area contributed by atoms with E-state index in [0.29, 0.717) is 28.6 Å². The zero-order valence-corrected chi connectivity index (χ0v) is 14.8. The van der Waals surface area contributed by atoms with E-state index in [2.05, 4.69) is 15.3 Å². The second-order valence-corrected chi connectivity index (χ2v) is 6.76. The van der Waals surface area contributed by atoms with Crippen molar-refractivity contribution in [2.24, 2.45) is 0 Å². The molecule has 0 unspecified atom stereocenters. The monoisotopic (exact) mass is 377 g/mol. The number of carbonyl (C=O) groups excluding carboxylic acids is 1. The van der Waals surface area contributed by atoms with Crippen molar-refractivity contribution in [3.8, 4) is 11.3 Å². The Kier molecular flexibility index (Phi) is 5.45. The van der Waals surface area contributed by atoms with E-state index in [1.54, 1.807) is 30.6 Å². The van der Waals surface area contributed by atoms with Crippen LogP contribution >= 0.6 is 34.5 Å². The second-order valence-electron chi connectivity index (χ2n) is 5.01. The van der Waals surface area contributed by atoms with Crippen molar-refractivity contribution in [3.63, 3.8) is 0 Å². The summed E-state index contributed by atoms with van der Waals surface area (Å²) >= 11 is 13.6. The molecule has 122 valence electrons. The highest BCUT2D eigenvalue weighted by Crippen LogP contribution is 2.30. The number of aryl methyl sites for hydroxylation is 1. The maximum Gasteiger partial charge on any atom is 0.224 e. The number of pyridine rings is 1. The third kappa shape index (κ3) is 4.12. The molecule has 0 spiro atoms. The standard InChI is InChI=1S/C17H13Cl2N3OS/c18-12-2-1-3-13(19)17(12)22-15(23)4-5-16-21-14(10-24-16)11-6-8-20-9-7-11/h1-3,6-10H,4-5H2,(H,22,23). The minimum Gasteiger partial charge on any atom is -0.324 e. The van der Waals surface area contributed by atoms with Crippen molar-refractivity contribution in [2.75, 3.05) is 5.32 Å². The van der Waals surface area contributed by atoms with Crippen molar-refractivity contribution < 1.29 is 4.79 Å². The van der Waals surface area contributed by atoms with Crippen LogP contribution in [0.4, 0.5) is 5.69 Å². The molecule has 2 heterocycles. The molecule has 0 radical (unpaired) electrons. The lowest BCUT2D eigenvalue weighted by molar-refractivity contribution is -0.116. The second kappa shape index (κ2) is 7.75. The van der Waals surface area contributed by atoms with Gasteiger partial charge in [0.05, 0.1) is 26.4 Å². The highest BCUT2D eigenvalue weighted by atomic mass is 35.5. The van der Waals surface area contributed by atoms with Gasteiger partial charge in [-0.25, -0.2) is 4.98 Å². The molecule has 0 aliphatic carbocycles. The smallest absolute Gasteiger partial charge is 0.224 e. The number of para-hydroxylation sites is 1. The highest BCUT2D eigenvalue weighted by Gasteiger charge is 2.11. The average molecular weight is 378 g/mol. The molecule has 7 heteroatoms. The maximum absolute atomic E-state index is 12.1. The Bertz CT molecular complexity index is 832. The molecule has 1 N–H and O–H groups in total. The number of carbonyl (C=O) groups is 1. The largest absolute Gasteiger partial charge is 0.324 e. The molecule has 3 aromatic rings. The van der Waals surface area contributed by atoms with E-state index in [9.17, 15) is 4.79 Å². The molecule has 1 amide bonds. The summed E-state index contributed by atoms with van der Waals surface area (Å²) in [4.78, 5) is 20.7. The Hall–Kier alpha value is -1.95. The van der Waals surface area contributed by atoms with Gasteiger partial charge in [-0.2, -0.15) is 0 Å². The van der Waals surface area contributed by atoms with Gasteiger partial charge in [0.1, 0.15) is 0 Å². The number of nitrogens with one attached hydrogen (secondary N) is 1. The van der Waals surface area contributed by atoms with E-state index >= 15 is 0 Å². The van der Waals surface area contributed by atoms with Crippen LogP contribution < -0.4 is 5.32 Å².